The Morgan fingerprint density at radius 3 is 2.60 bits per heavy atom. The van der Waals surface area contributed by atoms with Gasteiger partial charge in [-0.2, -0.15) is 0 Å². The lowest BCUT2D eigenvalue weighted by Crippen LogP contribution is -2.05. The predicted molar refractivity (Wildman–Crippen MR) is 72.1 cm³/mol. The van der Waals surface area contributed by atoms with Crippen molar-refractivity contribution < 1.29 is 6.22 Å². The number of rotatable bonds is 7. The Labute approximate surface area is 98.8 Å². The van der Waals surface area contributed by atoms with E-state index in [2.05, 4.69) is 13.2 Å². The maximum atomic E-state index is 11.0. The first-order valence-electron chi connectivity index (χ1n) is 5.07. The van der Waals surface area contributed by atoms with Crippen molar-refractivity contribution in [3.05, 3.63) is 35.8 Å². The Hall–Kier alpha value is -0.760. The Morgan fingerprint density at radius 1 is 1.60 bits per heavy atom. The van der Waals surface area contributed by atoms with Crippen molar-refractivity contribution in [2.75, 3.05) is 6.26 Å². The molecule has 0 aliphatic heterocycles. The molecule has 0 amide bonds. The summed E-state index contributed by atoms with van der Waals surface area (Å²) in [5.74, 6) is 0.386. The van der Waals surface area contributed by atoms with E-state index in [1.165, 1.54) is 0 Å². The maximum Gasteiger partial charge on any atom is 0.132 e. The van der Waals surface area contributed by atoms with E-state index in [1.807, 2.05) is 25.3 Å². The molecule has 0 saturated heterocycles. The highest BCUT2D eigenvalue weighted by molar-refractivity contribution is 8.02. The number of Topliss-reactive ketones (excluding diaryl/α,β-unsaturated/α-hetero) is 1. The second-order valence-corrected chi connectivity index (χ2v) is 4.54. The lowest BCUT2D eigenvalue weighted by molar-refractivity contribution is -0.120. The van der Waals surface area contributed by atoms with Gasteiger partial charge in [-0.3, -0.25) is 4.79 Å². The van der Waals surface area contributed by atoms with Crippen molar-refractivity contribution in [2.24, 2.45) is 5.92 Å². The fraction of sp³-hybridized carbons (Fsp3) is 0.462. The van der Waals surface area contributed by atoms with Crippen LogP contribution in [0.3, 0.4) is 0 Å². The van der Waals surface area contributed by atoms with E-state index >= 15 is 0 Å². The molecule has 15 heavy (non-hydrogen) atoms. The second-order valence-electron chi connectivity index (χ2n) is 3.66. The van der Waals surface area contributed by atoms with Crippen molar-refractivity contribution in [3.8, 4) is 0 Å². The van der Waals surface area contributed by atoms with Gasteiger partial charge in [0.05, 0.1) is 0 Å². The van der Waals surface area contributed by atoms with Gasteiger partial charge < -0.3 is 0 Å². The summed E-state index contributed by atoms with van der Waals surface area (Å²) in [6.45, 7) is 11.3. The molecule has 0 heterocycles. The topological polar surface area (TPSA) is 17.1 Å². The molecule has 0 rings (SSSR count). The van der Waals surface area contributed by atoms with Crippen molar-refractivity contribution in [1.82, 2.24) is 0 Å². The van der Waals surface area contributed by atoms with Crippen LogP contribution in [-0.4, -0.2) is 12.0 Å². The summed E-state index contributed by atoms with van der Waals surface area (Å²) in [6, 6.07) is 0. The van der Waals surface area contributed by atoms with Crippen molar-refractivity contribution in [3.63, 3.8) is 0 Å². The van der Waals surface area contributed by atoms with Crippen LogP contribution < -0.4 is 0 Å². The van der Waals surface area contributed by atoms with Crippen LogP contribution in [-0.2, 0) is 4.79 Å². The number of hydrogen-bond donors (Lipinski definition) is 0. The van der Waals surface area contributed by atoms with Gasteiger partial charge in [0.25, 0.3) is 0 Å². The van der Waals surface area contributed by atoms with E-state index in [1.54, 1.807) is 18.7 Å². The second kappa shape index (κ2) is 7.52. The van der Waals surface area contributed by atoms with Gasteiger partial charge in [0.1, 0.15) is 5.78 Å². The molecule has 0 aromatic carbocycles. The van der Waals surface area contributed by atoms with E-state index in [0.29, 0.717) is 0 Å². The zero-order chi connectivity index (χ0) is 11.8. The van der Waals surface area contributed by atoms with Crippen LogP contribution in [0.5, 0.6) is 0 Å². The first-order chi connectivity index (χ1) is 7.01. The molecule has 0 radical (unpaired) electrons. The molecule has 2 heteroatoms. The highest BCUT2D eigenvalue weighted by Gasteiger charge is 2.07. The average Bonchev–Trinajstić information content (AvgIpc) is 2.22. The van der Waals surface area contributed by atoms with Crippen LogP contribution >= 0.6 is 11.8 Å². The van der Waals surface area contributed by atoms with Gasteiger partial charge in [-0.05, 0) is 32.1 Å². The first kappa shape index (κ1) is 14.2. The van der Waals surface area contributed by atoms with Gasteiger partial charge in [-0.15, -0.1) is 11.8 Å². The monoisotopic (exact) mass is 226 g/mol. The predicted octanol–water partition coefficient (Wildman–Crippen LogP) is 4.23. The minimum Gasteiger partial charge on any atom is -0.300 e. The molecule has 1 nitrogen and oxygen atoms in total. The molecule has 1 atom stereocenters. The van der Waals surface area contributed by atoms with E-state index in [4.69, 9.17) is 0 Å². The maximum absolute atomic E-state index is 11.0. The Bertz CT molecular complexity index is 282. The van der Waals surface area contributed by atoms with Crippen LogP contribution in [0.25, 0.3) is 0 Å². The van der Waals surface area contributed by atoms with Crippen LogP contribution in [0, 0.1) is 5.92 Å². The molecule has 0 bridgehead atoms. The third-order valence-corrected chi connectivity index (χ3v) is 3.13. The van der Waals surface area contributed by atoms with Gasteiger partial charge in [0, 0.05) is 12.2 Å². The van der Waals surface area contributed by atoms with Crippen LogP contribution in [0.15, 0.2) is 35.8 Å². The molecule has 0 spiro atoms. The van der Waals surface area contributed by atoms with Crippen LogP contribution in [0.1, 0.15) is 28.1 Å². The summed E-state index contributed by atoms with van der Waals surface area (Å²) in [5.41, 5.74) is 1.06. The average molecular weight is 226 g/mol. The summed E-state index contributed by atoms with van der Waals surface area (Å²) >= 11 is 1.65. The fourth-order valence-corrected chi connectivity index (χ4v) is 1.53. The quantitative estimate of drug-likeness (QED) is 0.604. The Kier molecular flexibility index (Phi) is 7.14. The summed E-state index contributed by atoms with van der Waals surface area (Å²) in [4.78, 5) is 12.1. The third kappa shape index (κ3) is 6.34. The van der Waals surface area contributed by atoms with Crippen molar-refractivity contribution in [2.45, 2.75) is 26.7 Å². The van der Waals surface area contributed by atoms with Gasteiger partial charge in [0.2, 0.25) is 0 Å². The first-order valence-corrected chi connectivity index (χ1v) is 6.30. The zero-order valence-corrected chi connectivity index (χ0v) is 10.7. The molecular formula is C13H22OS. The highest BCUT2D eigenvalue weighted by Crippen LogP contribution is 2.18. The van der Waals surface area contributed by atoms with Gasteiger partial charge in [-0.1, -0.05) is 31.7 Å². The Balaban J connectivity index is 0. The molecular weight excluding hydrogens is 204 g/mol. The summed E-state index contributed by atoms with van der Waals surface area (Å²) < 4.78 is 0. The number of hydrogen-bond acceptors (Lipinski definition) is 2. The number of allylic oxidation sites excluding steroid dienone is 3. The minimum atomic E-state index is 0. The van der Waals surface area contributed by atoms with E-state index in [0.717, 1.165) is 23.3 Å². The SMILES string of the molecule is C=C/C(=C\C(=C)CCC(C)C(C)=O)SC.[HH]. The number of thioether (sulfide) groups is 1. The van der Waals surface area contributed by atoms with Crippen molar-refractivity contribution >= 4 is 17.5 Å². The summed E-state index contributed by atoms with van der Waals surface area (Å²) in [5, 5.41) is 0. The van der Waals surface area contributed by atoms with E-state index < -0.39 is 0 Å². The molecule has 86 valence electrons. The van der Waals surface area contributed by atoms with E-state index in [-0.39, 0.29) is 13.1 Å². The number of carbonyl (C=O) groups is 1. The highest BCUT2D eigenvalue weighted by atomic mass is 32.2. The molecule has 0 fully saturated rings. The smallest absolute Gasteiger partial charge is 0.132 e. The normalized spacial score (nSPS) is 13.4. The number of carbonyl (C=O) groups excluding carboxylic acids is 1. The molecule has 0 aromatic heterocycles. The van der Waals surface area contributed by atoms with Gasteiger partial charge >= 0.3 is 0 Å². The summed E-state index contributed by atoms with van der Waals surface area (Å²) in [6.07, 6.45) is 7.62. The van der Waals surface area contributed by atoms with Crippen molar-refractivity contribution in [1.29, 1.82) is 0 Å². The number of ketones is 1. The van der Waals surface area contributed by atoms with E-state index in [9.17, 15) is 4.79 Å². The third-order valence-electron chi connectivity index (χ3n) is 2.38. The standard InChI is InChI=1S/C13H20OS.H2/c1-6-13(15-5)9-10(2)7-8-11(3)12(4)14;/h6,9,11H,1-2,7-8H2,3-5H3;1H/b13-9+;. The zero-order valence-electron chi connectivity index (χ0n) is 9.88. The molecule has 0 saturated carbocycles. The molecule has 0 aliphatic rings. The fourth-order valence-electron chi connectivity index (χ4n) is 1.08. The molecule has 0 aromatic rings. The summed E-state index contributed by atoms with van der Waals surface area (Å²) in [7, 11) is 0. The minimum absolute atomic E-state index is 0. The van der Waals surface area contributed by atoms with Crippen LogP contribution in [0.2, 0.25) is 0 Å². The molecule has 1 unspecified atom stereocenters. The lowest BCUT2D eigenvalue weighted by Gasteiger charge is -2.07. The Morgan fingerprint density at radius 2 is 2.20 bits per heavy atom. The van der Waals surface area contributed by atoms with Crippen LogP contribution in [0.4, 0.5) is 0 Å². The largest absolute Gasteiger partial charge is 0.300 e. The molecule has 0 aliphatic carbocycles. The van der Waals surface area contributed by atoms with Gasteiger partial charge in [0.15, 0.2) is 0 Å². The lowest BCUT2D eigenvalue weighted by atomic mass is 9.98. The van der Waals surface area contributed by atoms with Gasteiger partial charge in [-0.25, -0.2) is 0 Å². The molecule has 0 N–H and O–H groups in total.